The lowest BCUT2D eigenvalue weighted by Crippen LogP contribution is -2.33. The zero-order chi connectivity index (χ0) is 17.3. The number of hydrogen-bond donors (Lipinski definition) is 0. The van der Waals surface area contributed by atoms with Gasteiger partial charge >= 0.3 is 5.97 Å². The van der Waals surface area contributed by atoms with Crippen LogP contribution in [-0.2, 0) is 16.0 Å². The molecule has 130 valence electrons. The summed E-state index contributed by atoms with van der Waals surface area (Å²) in [6.07, 6.45) is 6.14. The minimum Gasteiger partial charge on any atom is -0.461 e. The molecule has 0 N–H and O–H groups in total. The number of esters is 1. The summed E-state index contributed by atoms with van der Waals surface area (Å²) in [4.78, 5) is 31.8. The fraction of sp³-hybridized carbons (Fsp3) is 0.611. The number of aromatic nitrogens is 2. The van der Waals surface area contributed by atoms with Crippen LogP contribution in [0.4, 0.5) is 0 Å². The first-order valence-corrected chi connectivity index (χ1v) is 9.55. The number of aryl methyl sites for hydroxylation is 2. The van der Waals surface area contributed by atoms with E-state index in [2.05, 4.69) is 11.9 Å². The lowest BCUT2D eigenvalue weighted by atomic mass is 9.98. The van der Waals surface area contributed by atoms with Crippen molar-refractivity contribution in [1.82, 2.24) is 9.55 Å². The summed E-state index contributed by atoms with van der Waals surface area (Å²) in [6.45, 7) is 5.55. The minimum atomic E-state index is -0.652. The average Bonchev–Trinajstić information content (AvgIpc) is 2.99. The van der Waals surface area contributed by atoms with E-state index in [9.17, 15) is 9.59 Å². The standard InChI is InChI=1S/C18H24N2O3S/c1-4-14-10-15-16(24-14)19-12(3)20(17(15)21)11(2)18(22)23-13-8-6-5-7-9-13/h10-11,13H,4-9H2,1-3H3. The summed E-state index contributed by atoms with van der Waals surface area (Å²) >= 11 is 1.54. The van der Waals surface area contributed by atoms with E-state index in [1.807, 2.05) is 6.07 Å². The van der Waals surface area contributed by atoms with Crippen molar-refractivity contribution in [2.45, 2.75) is 71.4 Å². The molecule has 1 aliphatic rings. The normalized spacial score (nSPS) is 17.1. The highest BCUT2D eigenvalue weighted by molar-refractivity contribution is 7.18. The second kappa shape index (κ2) is 7.05. The summed E-state index contributed by atoms with van der Waals surface area (Å²) in [5, 5.41) is 0.597. The first-order chi connectivity index (χ1) is 11.5. The lowest BCUT2D eigenvalue weighted by molar-refractivity contribution is -0.154. The monoisotopic (exact) mass is 348 g/mol. The highest BCUT2D eigenvalue weighted by Crippen LogP contribution is 2.24. The van der Waals surface area contributed by atoms with Gasteiger partial charge in [-0.15, -0.1) is 11.3 Å². The third-order valence-corrected chi connectivity index (χ3v) is 5.91. The van der Waals surface area contributed by atoms with Crippen LogP contribution in [0.25, 0.3) is 10.2 Å². The molecule has 3 rings (SSSR count). The van der Waals surface area contributed by atoms with Gasteiger partial charge in [0.25, 0.3) is 5.56 Å². The zero-order valence-electron chi connectivity index (χ0n) is 14.5. The van der Waals surface area contributed by atoms with Gasteiger partial charge < -0.3 is 4.74 Å². The van der Waals surface area contributed by atoms with Crippen molar-refractivity contribution in [3.8, 4) is 0 Å². The molecule has 5 nitrogen and oxygen atoms in total. The van der Waals surface area contributed by atoms with E-state index in [-0.39, 0.29) is 17.6 Å². The van der Waals surface area contributed by atoms with Crippen molar-refractivity contribution in [2.24, 2.45) is 0 Å². The smallest absolute Gasteiger partial charge is 0.329 e. The Morgan fingerprint density at radius 3 is 2.79 bits per heavy atom. The third-order valence-electron chi connectivity index (χ3n) is 4.74. The maximum absolute atomic E-state index is 12.8. The van der Waals surface area contributed by atoms with E-state index in [1.54, 1.807) is 25.2 Å². The molecule has 1 unspecified atom stereocenters. The van der Waals surface area contributed by atoms with Gasteiger partial charge in [0.2, 0.25) is 0 Å². The molecule has 1 saturated carbocycles. The number of nitrogens with zero attached hydrogens (tertiary/aromatic N) is 2. The summed E-state index contributed by atoms with van der Waals surface area (Å²) < 4.78 is 7.10. The second-order valence-corrected chi connectivity index (χ2v) is 7.61. The molecule has 0 bridgehead atoms. The quantitative estimate of drug-likeness (QED) is 0.789. The van der Waals surface area contributed by atoms with Crippen molar-refractivity contribution in [3.05, 3.63) is 27.1 Å². The molecule has 1 atom stereocenters. The first-order valence-electron chi connectivity index (χ1n) is 8.73. The van der Waals surface area contributed by atoms with Crippen LogP contribution in [0.3, 0.4) is 0 Å². The number of thiophene rings is 1. The molecule has 2 aromatic heterocycles. The zero-order valence-corrected chi connectivity index (χ0v) is 15.3. The molecule has 6 heteroatoms. The number of carbonyl (C=O) groups excluding carboxylic acids is 1. The highest BCUT2D eigenvalue weighted by Gasteiger charge is 2.25. The fourth-order valence-corrected chi connectivity index (χ4v) is 4.33. The summed E-state index contributed by atoms with van der Waals surface area (Å²) in [6, 6.07) is 1.24. The number of carbonyl (C=O) groups is 1. The topological polar surface area (TPSA) is 61.2 Å². The third kappa shape index (κ3) is 3.24. The van der Waals surface area contributed by atoms with Crippen molar-refractivity contribution >= 4 is 27.5 Å². The molecule has 0 radical (unpaired) electrons. The molecule has 0 amide bonds. The predicted octanol–water partition coefficient (Wildman–Crippen LogP) is 3.77. The van der Waals surface area contributed by atoms with Crippen LogP contribution in [-0.4, -0.2) is 21.6 Å². The summed E-state index contributed by atoms with van der Waals surface area (Å²) in [5.41, 5.74) is -0.151. The molecular formula is C18H24N2O3S. The van der Waals surface area contributed by atoms with Gasteiger partial charge in [0, 0.05) is 4.88 Å². The Bertz CT molecular complexity index is 802. The van der Waals surface area contributed by atoms with Gasteiger partial charge in [0.1, 0.15) is 22.8 Å². The van der Waals surface area contributed by atoms with Crippen LogP contribution in [0.15, 0.2) is 10.9 Å². The van der Waals surface area contributed by atoms with Gasteiger partial charge in [0.15, 0.2) is 0 Å². The molecule has 0 spiro atoms. The molecule has 2 aromatic rings. The number of ether oxygens (including phenoxy) is 1. The molecule has 24 heavy (non-hydrogen) atoms. The van der Waals surface area contributed by atoms with Gasteiger partial charge in [-0.2, -0.15) is 0 Å². The van der Waals surface area contributed by atoms with Crippen molar-refractivity contribution < 1.29 is 9.53 Å². The average molecular weight is 348 g/mol. The molecule has 0 saturated heterocycles. The Hall–Kier alpha value is -1.69. The van der Waals surface area contributed by atoms with Crippen molar-refractivity contribution in [3.63, 3.8) is 0 Å². The number of fused-ring (bicyclic) bond motifs is 1. The van der Waals surface area contributed by atoms with E-state index in [4.69, 9.17) is 4.74 Å². The van der Waals surface area contributed by atoms with Gasteiger partial charge in [0.05, 0.1) is 5.39 Å². The Morgan fingerprint density at radius 1 is 1.42 bits per heavy atom. The Morgan fingerprint density at radius 2 is 2.12 bits per heavy atom. The molecule has 1 fully saturated rings. The Balaban J connectivity index is 1.89. The van der Waals surface area contributed by atoms with Gasteiger partial charge in [-0.3, -0.25) is 9.36 Å². The van der Waals surface area contributed by atoms with Gasteiger partial charge in [-0.05, 0) is 52.0 Å². The van der Waals surface area contributed by atoms with E-state index < -0.39 is 6.04 Å². The maximum atomic E-state index is 12.8. The van der Waals surface area contributed by atoms with E-state index in [0.717, 1.165) is 41.8 Å². The van der Waals surface area contributed by atoms with Crippen LogP contribution in [0.1, 0.15) is 62.7 Å². The van der Waals surface area contributed by atoms with Gasteiger partial charge in [-0.25, -0.2) is 9.78 Å². The molecule has 1 aliphatic carbocycles. The number of rotatable bonds is 4. The van der Waals surface area contributed by atoms with E-state index >= 15 is 0 Å². The van der Waals surface area contributed by atoms with E-state index in [1.165, 1.54) is 11.0 Å². The molecule has 2 heterocycles. The maximum Gasteiger partial charge on any atom is 0.329 e. The largest absolute Gasteiger partial charge is 0.461 e. The van der Waals surface area contributed by atoms with Crippen LogP contribution in [0, 0.1) is 6.92 Å². The van der Waals surface area contributed by atoms with Gasteiger partial charge in [-0.1, -0.05) is 13.3 Å². The van der Waals surface area contributed by atoms with Crippen LogP contribution in [0.2, 0.25) is 0 Å². The second-order valence-electron chi connectivity index (χ2n) is 6.49. The van der Waals surface area contributed by atoms with E-state index in [0.29, 0.717) is 11.2 Å². The fourth-order valence-electron chi connectivity index (χ4n) is 3.33. The van der Waals surface area contributed by atoms with Crippen LogP contribution >= 0.6 is 11.3 Å². The Labute approximate surface area is 145 Å². The van der Waals surface area contributed by atoms with Crippen LogP contribution < -0.4 is 5.56 Å². The minimum absolute atomic E-state index is 0.00533. The van der Waals surface area contributed by atoms with Crippen molar-refractivity contribution in [1.29, 1.82) is 0 Å². The lowest BCUT2D eigenvalue weighted by Gasteiger charge is -2.24. The number of hydrogen-bond acceptors (Lipinski definition) is 5. The highest BCUT2D eigenvalue weighted by atomic mass is 32.1. The molecule has 0 aliphatic heterocycles. The predicted molar refractivity (Wildman–Crippen MR) is 95.7 cm³/mol. The van der Waals surface area contributed by atoms with Crippen LogP contribution in [0.5, 0.6) is 0 Å². The summed E-state index contributed by atoms with van der Waals surface area (Å²) in [5.74, 6) is 0.226. The summed E-state index contributed by atoms with van der Waals surface area (Å²) in [7, 11) is 0. The SMILES string of the molecule is CCc1cc2c(=O)n(C(C)C(=O)OC3CCCCC3)c(C)nc2s1. The molecule has 0 aromatic carbocycles. The first kappa shape index (κ1) is 17.1. The molecular weight excluding hydrogens is 324 g/mol. The Kier molecular flexibility index (Phi) is 5.04. The van der Waals surface area contributed by atoms with Crippen molar-refractivity contribution in [2.75, 3.05) is 0 Å².